The maximum atomic E-state index is 11.4. The first kappa shape index (κ1) is 15.4. The summed E-state index contributed by atoms with van der Waals surface area (Å²) < 4.78 is 1.58. The third kappa shape index (κ3) is 4.39. The van der Waals surface area contributed by atoms with E-state index in [1.807, 2.05) is 45.9 Å². The second kappa shape index (κ2) is 7.60. The summed E-state index contributed by atoms with van der Waals surface area (Å²) in [7, 11) is 0. The Hall–Kier alpha value is -1.64. The molecule has 0 aromatic carbocycles. The smallest absolute Gasteiger partial charge is 0.229 e. The maximum Gasteiger partial charge on any atom is 0.229 e. The van der Waals surface area contributed by atoms with Gasteiger partial charge in [-0.25, -0.2) is 4.99 Å². The van der Waals surface area contributed by atoms with E-state index in [4.69, 9.17) is 0 Å². The Bertz CT molecular complexity index is 456. The normalized spacial score (nSPS) is 10.5. The lowest BCUT2D eigenvalue weighted by molar-refractivity contribution is 0.0929. The number of carbonyl (C=O) groups is 1. The first-order valence-corrected chi connectivity index (χ1v) is 5.98. The highest BCUT2D eigenvalue weighted by Gasteiger charge is 2.01. The van der Waals surface area contributed by atoms with Crippen molar-refractivity contribution in [3.8, 4) is 0 Å². The van der Waals surface area contributed by atoms with Crippen LogP contribution in [0.4, 0.5) is 0 Å². The van der Waals surface area contributed by atoms with E-state index in [9.17, 15) is 4.79 Å². The number of carbonyl (C=O) groups excluding carboxylic acids is 1. The molecule has 0 bridgehead atoms. The Morgan fingerprint density at radius 3 is 2.47 bits per heavy atom. The van der Waals surface area contributed by atoms with E-state index in [1.54, 1.807) is 4.57 Å². The lowest BCUT2D eigenvalue weighted by Gasteiger charge is -2.06. The highest BCUT2D eigenvalue weighted by Crippen LogP contribution is 1.98. The molecule has 0 unspecified atom stereocenters. The van der Waals surface area contributed by atoms with E-state index in [0.29, 0.717) is 5.49 Å². The van der Waals surface area contributed by atoms with Crippen molar-refractivity contribution in [2.45, 2.75) is 41.0 Å². The molecule has 0 aliphatic carbocycles. The van der Waals surface area contributed by atoms with Gasteiger partial charge in [0.25, 0.3) is 0 Å². The van der Waals surface area contributed by atoms with Gasteiger partial charge in [0.15, 0.2) is 0 Å². The van der Waals surface area contributed by atoms with E-state index in [2.05, 4.69) is 11.6 Å². The number of hydrogen-bond donors (Lipinski definition) is 0. The standard InChI is InChI=1S/C12H16N2O.C2H6/c1-5-9(2)13-12-8-6-7-10(3)14(12)11(4)15;1-2/h6-8H,2,5H2,1,3-4H3;1-2H3. The van der Waals surface area contributed by atoms with Crippen LogP contribution in [0, 0.1) is 6.92 Å². The third-order valence-electron chi connectivity index (χ3n) is 2.16. The summed E-state index contributed by atoms with van der Waals surface area (Å²) in [6.45, 7) is 13.2. The topological polar surface area (TPSA) is 34.4 Å². The van der Waals surface area contributed by atoms with Crippen LogP contribution in [-0.2, 0) is 0 Å². The SMILES string of the molecule is C=C(CC)N=c1cccc(C)n1C(C)=O.CC. The van der Waals surface area contributed by atoms with Gasteiger partial charge in [0.1, 0.15) is 5.49 Å². The van der Waals surface area contributed by atoms with Crippen molar-refractivity contribution in [3.63, 3.8) is 0 Å². The molecule has 17 heavy (non-hydrogen) atoms. The molecule has 0 atom stereocenters. The zero-order valence-electron chi connectivity index (χ0n) is 11.4. The Morgan fingerprint density at radius 2 is 2.00 bits per heavy atom. The second-order valence-electron chi connectivity index (χ2n) is 3.41. The van der Waals surface area contributed by atoms with Crippen LogP contribution >= 0.6 is 0 Å². The van der Waals surface area contributed by atoms with Crippen LogP contribution in [0.25, 0.3) is 0 Å². The maximum absolute atomic E-state index is 11.4. The zero-order valence-corrected chi connectivity index (χ0v) is 11.4. The minimum Gasteiger partial charge on any atom is -0.274 e. The molecule has 1 aromatic heterocycles. The average molecular weight is 234 g/mol. The molecule has 3 nitrogen and oxygen atoms in total. The molecule has 0 aliphatic heterocycles. The Balaban J connectivity index is 0.00000121. The first-order valence-electron chi connectivity index (χ1n) is 5.98. The van der Waals surface area contributed by atoms with Crippen molar-refractivity contribution in [1.82, 2.24) is 4.57 Å². The molecule has 0 fully saturated rings. The van der Waals surface area contributed by atoms with Gasteiger partial charge in [-0.2, -0.15) is 0 Å². The van der Waals surface area contributed by atoms with Crippen LogP contribution < -0.4 is 5.49 Å². The van der Waals surface area contributed by atoms with Crippen molar-refractivity contribution in [2.75, 3.05) is 0 Å². The fraction of sp³-hybridized carbons (Fsp3) is 0.429. The van der Waals surface area contributed by atoms with E-state index in [0.717, 1.165) is 17.8 Å². The Morgan fingerprint density at radius 1 is 1.41 bits per heavy atom. The molecule has 0 saturated carbocycles. The van der Waals surface area contributed by atoms with Gasteiger partial charge in [-0.3, -0.25) is 9.36 Å². The molecule has 0 spiro atoms. The van der Waals surface area contributed by atoms with Gasteiger partial charge in [-0.15, -0.1) is 0 Å². The molecular formula is C14H22N2O. The van der Waals surface area contributed by atoms with Gasteiger partial charge in [-0.1, -0.05) is 33.4 Å². The van der Waals surface area contributed by atoms with Gasteiger partial charge in [0, 0.05) is 18.3 Å². The van der Waals surface area contributed by atoms with Crippen LogP contribution in [0.1, 0.15) is 44.6 Å². The molecule has 0 N–H and O–H groups in total. The van der Waals surface area contributed by atoms with Crippen molar-refractivity contribution >= 4 is 5.91 Å². The molecule has 0 aliphatic rings. The zero-order chi connectivity index (χ0) is 13.4. The van der Waals surface area contributed by atoms with Gasteiger partial charge in [0.2, 0.25) is 5.91 Å². The second-order valence-corrected chi connectivity index (χ2v) is 3.41. The number of allylic oxidation sites excluding steroid dienone is 1. The quantitative estimate of drug-likeness (QED) is 0.773. The number of pyridine rings is 1. The molecule has 0 saturated heterocycles. The summed E-state index contributed by atoms with van der Waals surface area (Å²) in [5, 5.41) is 0. The lowest BCUT2D eigenvalue weighted by atomic mass is 10.3. The molecular weight excluding hydrogens is 212 g/mol. The number of aromatic nitrogens is 1. The van der Waals surface area contributed by atoms with E-state index >= 15 is 0 Å². The molecule has 0 radical (unpaired) electrons. The molecule has 94 valence electrons. The predicted octanol–water partition coefficient (Wildman–Crippen LogP) is 3.31. The monoisotopic (exact) mass is 234 g/mol. The van der Waals surface area contributed by atoms with Crippen molar-refractivity contribution in [3.05, 3.63) is 41.7 Å². The lowest BCUT2D eigenvalue weighted by Crippen LogP contribution is -2.27. The van der Waals surface area contributed by atoms with Crippen LogP contribution in [0.15, 0.2) is 35.5 Å². The van der Waals surface area contributed by atoms with Gasteiger partial charge in [0.05, 0.1) is 0 Å². The molecule has 3 heteroatoms. The fourth-order valence-electron chi connectivity index (χ4n) is 1.34. The average Bonchev–Trinajstić information content (AvgIpc) is 2.31. The minimum atomic E-state index is -0.0317. The van der Waals surface area contributed by atoms with E-state index in [1.165, 1.54) is 6.92 Å². The molecule has 1 rings (SSSR count). The molecule has 1 aromatic rings. The van der Waals surface area contributed by atoms with Crippen LogP contribution in [-0.4, -0.2) is 10.5 Å². The largest absolute Gasteiger partial charge is 0.274 e. The number of hydrogen-bond acceptors (Lipinski definition) is 2. The van der Waals surface area contributed by atoms with Gasteiger partial charge in [-0.05, 0) is 25.5 Å². The van der Waals surface area contributed by atoms with Crippen molar-refractivity contribution in [2.24, 2.45) is 4.99 Å². The number of aryl methyl sites for hydroxylation is 1. The summed E-state index contributed by atoms with van der Waals surface area (Å²) >= 11 is 0. The van der Waals surface area contributed by atoms with Crippen LogP contribution in [0.2, 0.25) is 0 Å². The molecule has 1 heterocycles. The van der Waals surface area contributed by atoms with Crippen LogP contribution in [0.5, 0.6) is 0 Å². The van der Waals surface area contributed by atoms with Crippen LogP contribution in [0.3, 0.4) is 0 Å². The first-order chi connectivity index (χ1) is 8.06. The summed E-state index contributed by atoms with van der Waals surface area (Å²) in [5.41, 5.74) is 2.30. The third-order valence-corrected chi connectivity index (χ3v) is 2.16. The Kier molecular flexibility index (Phi) is 6.87. The summed E-state index contributed by atoms with van der Waals surface area (Å²) in [6, 6.07) is 5.58. The number of rotatable bonds is 2. The van der Waals surface area contributed by atoms with Gasteiger partial charge >= 0.3 is 0 Å². The van der Waals surface area contributed by atoms with E-state index < -0.39 is 0 Å². The minimum absolute atomic E-state index is 0.0317. The molecule has 0 amide bonds. The fourth-order valence-corrected chi connectivity index (χ4v) is 1.34. The highest BCUT2D eigenvalue weighted by atomic mass is 16.1. The predicted molar refractivity (Wildman–Crippen MR) is 71.8 cm³/mol. The number of nitrogens with zero attached hydrogens (tertiary/aromatic N) is 2. The highest BCUT2D eigenvalue weighted by molar-refractivity contribution is 5.76. The van der Waals surface area contributed by atoms with Crippen molar-refractivity contribution < 1.29 is 4.79 Å². The van der Waals surface area contributed by atoms with E-state index in [-0.39, 0.29) is 5.91 Å². The van der Waals surface area contributed by atoms with Gasteiger partial charge < -0.3 is 0 Å². The Labute approximate surface area is 104 Å². The summed E-state index contributed by atoms with van der Waals surface area (Å²) in [6.07, 6.45) is 0.784. The van der Waals surface area contributed by atoms with Crippen molar-refractivity contribution in [1.29, 1.82) is 0 Å². The summed E-state index contributed by atoms with van der Waals surface area (Å²) in [4.78, 5) is 15.7. The summed E-state index contributed by atoms with van der Waals surface area (Å²) in [5.74, 6) is -0.0317.